The van der Waals surface area contributed by atoms with E-state index in [4.69, 9.17) is 4.74 Å². The van der Waals surface area contributed by atoms with Gasteiger partial charge in [-0.3, -0.25) is 5.32 Å². The Bertz CT molecular complexity index is 844. The summed E-state index contributed by atoms with van der Waals surface area (Å²) < 4.78 is 5.53. The Morgan fingerprint density at radius 3 is 1.50 bits per heavy atom. The van der Waals surface area contributed by atoms with Gasteiger partial charge in [0, 0.05) is 0 Å². The Morgan fingerprint density at radius 1 is 0.833 bits per heavy atom. The lowest BCUT2D eigenvalue weighted by molar-refractivity contribution is 0.0507. The van der Waals surface area contributed by atoms with E-state index in [1.54, 1.807) is 0 Å². The van der Waals surface area contributed by atoms with Gasteiger partial charge in [-0.1, -0.05) is 54.6 Å². The molecule has 5 heteroatoms. The molecule has 0 saturated carbocycles. The maximum absolute atomic E-state index is 12.7. The number of aliphatic hydroxyl groups excluding tert-OH is 1. The summed E-state index contributed by atoms with van der Waals surface area (Å²) in [6.45, 7) is 5.27. The minimum absolute atomic E-state index is 0.217. The van der Waals surface area contributed by atoms with Crippen LogP contribution in [-0.4, -0.2) is 29.2 Å². The Kier molecular flexibility index (Phi) is 6.91. The SMILES string of the molecule is CC(C)(C)OC(=O)NC(CO)[P+](c1ccccc1)(c1ccccc1)c1ccccc1. The smallest absolute Gasteiger partial charge is 0.410 e. The summed E-state index contributed by atoms with van der Waals surface area (Å²) in [6.07, 6.45) is -0.534. The topological polar surface area (TPSA) is 58.6 Å². The van der Waals surface area contributed by atoms with Crippen molar-refractivity contribution in [1.29, 1.82) is 0 Å². The number of carbonyl (C=O) groups excluding carboxylic acids is 1. The number of ether oxygens (including phenoxy) is 1. The highest BCUT2D eigenvalue weighted by molar-refractivity contribution is 7.96. The molecule has 0 bridgehead atoms. The van der Waals surface area contributed by atoms with E-state index in [1.165, 1.54) is 0 Å². The third kappa shape index (κ3) is 4.72. The van der Waals surface area contributed by atoms with Gasteiger partial charge >= 0.3 is 6.09 Å². The van der Waals surface area contributed by atoms with Crippen LogP contribution in [0.1, 0.15) is 20.8 Å². The van der Waals surface area contributed by atoms with Crippen molar-refractivity contribution >= 4 is 29.3 Å². The number of amides is 1. The molecule has 0 aromatic heterocycles. The van der Waals surface area contributed by atoms with Crippen LogP contribution in [0.4, 0.5) is 4.79 Å². The number of carbonyl (C=O) groups is 1. The van der Waals surface area contributed by atoms with Gasteiger partial charge in [0.1, 0.15) is 28.8 Å². The summed E-state index contributed by atoms with van der Waals surface area (Å²) in [4.78, 5) is 12.7. The van der Waals surface area contributed by atoms with E-state index < -0.39 is 24.7 Å². The van der Waals surface area contributed by atoms with Crippen LogP contribution in [0.5, 0.6) is 0 Å². The lowest BCUT2D eigenvalue weighted by atomic mass is 10.2. The number of benzene rings is 3. The molecule has 4 nitrogen and oxygen atoms in total. The number of alkyl carbamates (subject to hydrolysis) is 1. The zero-order valence-electron chi connectivity index (χ0n) is 17.7. The van der Waals surface area contributed by atoms with Crippen LogP contribution in [0.25, 0.3) is 0 Å². The Morgan fingerprint density at radius 2 is 1.20 bits per heavy atom. The largest absolute Gasteiger partial charge is 0.444 e. The first-order chi connectivity index (χ1) is 14.4. The fourth-order valence-corrected chi connectivity index (χ4v) is 8.13. The molecule has 0 saturated heterocycles. The number of rotatable bonds is 6. The van der Waals surface area contributed by atoms with Gasteiger partial charge in [0.05, 0.1) is 6.61 Å². The second-order valence-corrected chi connectivity index (χ2v) is 11.7. The van der Waals surface area contributed by atoms with E-state index in [0.29, 0.717) is 0 Å². The van der Waals surface area contributed by atoms with E-state index >= 15 is 0 Å². The Labute approximate surface area is 179 Å². The summed E-state index contributed by atoms with van der Waals surface area (Å²) in [5.74, 6) is -0.542. The van der Waals surface area contributed by atoms with Crippen molar-refractivity contribution in [2.75, 3.05) is 6.61 Å². The molecule has 156 valence electrons. The van der Waals surface area contributed by atoms with E-state index in [-0.39, 0.29) is 6.61 Å². The molecule has 0 fully saturated rings. The van der Waals surface area contributed by atoms with Crippen LogP contribution >= 0.6 is 7.26 Å². The number of hydrogen-bond donors (Lipinski definition) is 2. The fourth-order valence-electron chi connectivity index (χ4n) is 3.68. The maximum atomic E-state index is 12.7. The standard InChI is InChI=1S/C25H28NO3P/c1-25(2,3)29-24(28)26-23(19-27)30(20-13-7-4-8-14-20,21-15-9-5-10-16-21)22-17-11-6-12-18-22/h4-18,23,27H,19H2,1-3H3/p+1. The van der Waals surface area contributed by atoms with E-state index in [2.05, 4.69) is 41.7 Å². The summed E-state index contributed by atoms with van der Waals surface area (Å²) in [7, 11) is -2.44. The third-order valence-corrected chi connectivity index (χ3v) is 9.38. The third-order valence-electron chi connectivity index (χ3n) is 4.81. The minimum Gasteiger partial charge on any atom is -0.444 e. The van der Waals surface area contributed by atoms with Crippen molar-refractivity contribution in [3.63, 3.8) is 0 Å². The second kappa shape index (κ2) is 9.42. The molecular weight excluding hydrogens is 393 g/mol. The minimum atomic E-state index is -2.44. The summed E-state index contributed by atoms with van der Waals surface area (Å²) in [6, 6.07) is 30.4. The van der Waals surface area contributed by atoms with Gasteiger partial charge < -0.3 is 9.84 Å². The predicted molar refractivity (Wildman–Crippen MR) is 125 cm³/mol. The fraction of sp³-hybridized carbons (Fsp3) is 0.240. The molecule has 0 heterocycles. The number of nitrogens with one attached hydrogen (secondary N) is 1. The van der Waals surface area contributed by atoms with Gasteiger partial charge in [0.2, 0.25) is 0 Å². The van der Waals surface area contributed by atoms with Crippen molar-refractivity contribution < 1.29 is 14.6 Å². The van der Waals surface area contributed by atoms with Gasteiger partial charge in [-0.05, 0) is 57.2 Å². The molecule has 0 aliphatic rings. The highest BCUT2D eigenvalue weighted by Crippen LogP contribution is 2.58. The molecule has 1 unspecified atom stereocenters. The first-order valence-corrected chi connectivity index (χ1v) is 11.9. The molecule has 3 aromatic carbocycles. The maximum Gasteiger partial charge on any atom is 0.410 e. The first kappa shape index (κ1) is 22.0. The normalized spacial score (nSPS) is 12.8. The van der Waals surface area contributed by atoms with Crippen LogP contribution in [0, 0.1) is 0 Å². The van der Waals surface area contributed by atoms with E-state index in [9.17, 15) is 9.90 Å². The van der Waals surface area contributed by atoms with Crippen LogP contribution < -0.4 is 21.2 Å². The lowest BCUT2D eigenvalue weighted by Crippen LogP contribution is -2.50. The molecule has 0 spiro atoms. The summed E-state index contributed by atoms with van der Waals surface area (Å²) in [5, 5.41) is 16.8. The molecule has 3 rings (SSSR count). The van der Waals surface area contributed by atoms with Gasteiger partial charge in [-0.25, -0.2) is 4.79 Å². The molecule has 2 N–H and O–H groups in total. The average molecular weight is 422 g/mol. The Hall–Kier alpha value is -2.68. The van der Waals surface area contributed by atoms with Crippen molar-refractivity contribution in [3.8, 4) is 0 Å². The van der Waals surface area contributed by atoms with Gasteiger partial charge in [0.15, 0.2) is 5.78 Å². The highest BCUT2D eigenvalue weighted by Gasteiger charge is 2.53. The Balaban J connectivity index is 2.23. The quantitative estimate of drug-likeness (QED) is 0.594. The van der Waals surface area contributed by atoms with Crippen LogP contribution in [0.15, 0.2) is 91.0 Å². The first-order valence-electron chi connectivity index (χ1n) is 10.0. The van der Waals surface area contributed by atoms with E-state index in [1.807, 2.05) is 75.4 Å². The second-order valence-electron chi connectivity index (χ2n) is 8.07. The summed E-state index contributed by atoms with van der Waals surface area (Å²) in [5.41, 5.74) is -0.628. The molecule has 3 aromatic rings. The molecule has 1 atom stereocenters. The van der Waals surface area contributed by atoms with Crippen LogP contribution in [0.3, 0.4) is 0 Å². The van der Waals surface area contributed by atoms with Crippen molar-refractivity contribution in [2.24, 2.45) is 0 Å². The van der Waals surface area contributed by atoms with Gasteiger partial charge in [-0.2, -0.15) is 0 Å². The number of hydrogen-bond acceptors (Lipinski definition) is 3. The van der Waals surface area contributed by atoms with E-state index in [0.717, 1.165) is 15.9 Å². The van der Waals surface area contributed by atoms with Crippen molar-refractivity contribution in [2.45, 2.75) is 32.2 Å². The van der Waals surface area contributed by atoms with Gasteiger partial charge in [0.25, 0.3) is 0 Å². The molecule has 0 radical (unpaired) electrons. The molecular formula is C25H29NO3P+. The van der Waals surface area contributed by atoms with Crippen LogP contribution in [-0.2, 0) is 4.74 Å². The monoisotopic (exact) mass is 422 g/mol. The average Bonchev–Trinajstić information content (AvgIpc) is 2.74. The number of aliphatic hydroxyl groups is 1. The zero-order chi connectivity index (χ0) is 21.6. The molecule has 1 amide bonds. The molecule has 0 aliphatic carbocycles. The lowest BCUT2D eigenvalue weighted by Gasteiger charge is -2.34. The predicted octanol–water partition coefficient (Wildman–Crippen LogP) is 3.82. The molecule has 30 heavy (non-hydrogen) atoms. The van der Waals surface area contributed by atoms with Gasteiger partial charge in [-0.15, -0.1) is 0 Å². The zero-order valence-corrected chi connectivity index (χ0v) is 18.6. The highest BCUT2D eigenvalue weighted by atomic mass is 31.2. The summed E-state index contributed by atoms with van der Waals surface area (Å²) >= 11 is 0. The molecule has 0 aliphatic heterocycles. The van der Waals surface area contributed by atoms with Crippen molar-refractivity contribution in [1.82, 2.24) is 5.32 Å². The van der Waals surface area contributed by atoms with Crippen LogP contribution in [0.2, 0.25) is 0 Å². The van der Waals surface area contributed by atoms with Crippen molar-refractivity contribution in [3.05, 3.63) is 91.0 Å².